The molecule has 0 aromatic carbocycles. The summed E-state index contributed by atoms with van der Waals surface area (Å²) >= 11 is 0. The van der Waals surface area contributed by atoms with E-state index in [1.807, 2.05) is 6.92 Å². The number of methoxy groups -OCH3 is 1. The fraction of sp³-hybridized carbons (Fsp3) is 0.875. The standard InChI is InChI=1S/C16H27N3O4S/c1-4-14-17-16(15(20)19(14)8-9-23-3)7-6-12-10-18(11-13(12)16)24(21,22)5-2/h12-13H,4-11H2,1-3H3/t12-,13+,16-/m1/s1. The van der Waals surface area contributed by atoms with Crippen molar-refractivity contribution >= 4 is 21.8 Å². The van der Waals surface area contributed by atoms with Gasteiger partial charge in [0.2, 0.25) is 10.0 Å². The van der Waals surface area contributed by atoms with Gasteiger partial charge in [0.05, 0.1) is 18.9 Å². The highest BCUT2D eigenvalue weighted by atomic mass is 32.2. The van der Waals surface area contributed by atoms with Crippen molar-refractivity contribution in [2.45, 2.75) is 38.6 Å². The average molecular weight is 357 g/mol. The summed E-state index contributed by atoms with van der Waals surface area (Å²) in [6, 6.07) is 0. The van der Waals surface area contributed by atoms with Gasteiger partial charge in [0.25, 0.3) is 5.91 Å². The molecule has 0 bridgehead atoms. The van der Waals surface area contributed by atoms with Gasteiger partial charge in [-0.15, -0.1) is 0 Å². The van der Waals surface area contributed by atoms with Gasteiger partial charge in [0.1, 0.15) is 11.4 Å². The highest BCUT2D eigenvalue weighted by Crippen LogP contribution is 2.50. The van der Waals surface area contributed by atoms with E-state index < -0.39 is 15.6 Å². The van der Waals surface area contributed by atoms with Crippen LogP contribution in [-0.4, -0.2) is 74.0 Å². The monoisotopic (exact) mass is 357 g/mol. The third kappa shape index (κ3) is 2.59. The van der Waals surface area contributed by atoms with Crippen LogP contribution in [0.2, 0.25) is 0 Å². The van der Waals surface area contributed by atoms with Crippen LogP contribution in [0.25, 0.3) is 0 Å². The highest BCUT2D eigenvalue weighted by molar-refractivity contribution is 7.89. The van der Waals surface area contributed by atoms with Crippen molar-refractivity contribution in [3.05, 3.63) is 0 Å². The molecule has 3 atom stereocenters. The van der Waals surface area contributed by atoms with Crippen LogP contribution in [0.5, 0.6) is 0 Å². The van der Waals surface area contributed by atoms with Crippen molar-refractivity contribution in [2.75, 3.05) is 39.1 Å². The molecule has 1 amide bonds. The summed E-state index contributed by atoms with van der Waals surface area (Å²) < 4.78 is 31.1. The van der Waals surface area contributed by atoms with Gasteiger partial charge >= 0.3 is 0 Å². The normalized spacial score (nSPS) is 33.5. The van der Waals surface area contributed by atoms with Gasteiger partial charge in [-0.2, -0.15) is 0 Å². The first-order chi connectivity index (χ1) is 11.4. The minimum absolute atomic E-state index is 0.000389. The number of carbonyl (C=O) groups excluding carboxylic acids is 1. The molecular weight excluding hydrogens is 330 g/mol. The van der Waals surface area contributed by atoms with E-state index in [0.717, 1.165) is 18.7 Å². The molecule has 1 spiro atoms. The highest BCUT2D eigenvalue weighted by Gasteiger charge is 2.61. The summed E-state index contributed by atoms with van der Waals surface area (Å²) in [6.07, 6.45) is 2.30. The lowest BCUT2D eigenvalue weighted by molar-refractivity contribution is -0.132. The molecule has 3 rings (SSSR count). The Morgan fingerprint density at radius 3 is 2.71 bits per heavy atom. The van der Waals surface area contributed by atoms with Crippen molar-refractivity contribution in [3.8, 4) is 0 Å². The molecule has 1 aliphatic carbocycles. The Bertz CT molecular complexity index is 648. The Hall–Kier alpha value is -0.990. The van der Waals surface area contributed by atoms with E-state index in [2.05, 4.69) is 0 Å². The number of sulfonamides is 1. The first kappa shape index (κ1) is 17.8. The van der Waals surface area contributed by atoms with E-state index in [-0.39, 0.29) is 23.5 Å². The van der Waals surface area contributed by atoms with E-state index in [9.17, 15) is 13.2 Å². The van der Waals surface area contributed by atoms with Crippen LogP contribution in [0.4, 0.5) is 0 Å². The summed E-state index contributed by atoms with van der Waals surface area (Å²) in [6.45, 7) is 5.61. The van der Waals surface area contributed by atoms with E-state index in [1.54, 1.807) is 23.2 Å². The molecule has 3 aliphatic rings. The molecule has 7 nitrogen and oxygen atoms in total. The predicted octanol–water partition coefficient (Wildman–Crippen LogP) is 0.714. The Balaban J connectivity index is 1.86. The average Bonchev–Trinajstić information content (AvgIpc) is 3.21. The molecule has 8 heteroatoms. The molecule has 0 N–H and O–H groups in total. The zero-order valence-electron chi connectivity index (χ0n) is 14.7. The van der Waals surface area contributed by atoms with Crippen LogP contribution in [0.3, 0.4) is 0 Å². The second-order valence-electron chi connectivity index (χ2n) is 6.88. The quantitative estimate of drug-likeness (QED) is 0.701. The number of amides is 1. The second-order valence-corrected chi connectivity index (χ2v) is 9.14. The third-order valence-corrected chi connectivity index (χ3v) is 7.58. The summed E-state index contributed by atoms with van der Waals surface area (Å²) in [5, 5.41) is 0. The predicted molar refractivity (Wildman–Crippen MR) is 91.3 cm³/mol. The SMILES string of the molecule is CCC1=N[C@@]2(CC[C@@H]3CN(S(=O)(=O)CC)C[C@@H]32)C(=O)N1CCOC. The summed E-state index contributed by atoms with van der Waals surface area (Å²) in [4.78, 5) is 19.8. The van der Waals surface area contributed by atoms with Crippen molar-refractivity contribution in [1.82, 2.24) is 9.21 Å². The number of hydrogen-bond donors (Lipinski definition) is 0. The van der Waals surface area contributed by atoms with Crippen LogP contribution >= 0.6 is 0 Å². The third-order valence-electron chi connectivity index (χ3n) is 5.77. The molecular formula is C16H27N3O4S. The lowest BCUT2D eigenvalue weighted by Gasteiger charge is -2.28. The number of amidine groups is 1. The number of nitrogens with zero attached hydrogens (tertiary/aromatic N) is 3. The van der Waals surface area contributed by atoms with E-state index >= 15 is 0 Å². The van der Waals surface area contributed by atoms with Gasteiger partial charge in [-0.05, 0) is 25.7 Å². The number of hydrogen-bond acceptors (Lipinski definition) is 5. The molecule has 1 saturated heterocycles. The largest absolute Gasteiger partial charge is 0.383 e. The molecule has 2 aliphatic heterocycles. The van der Waals surface area contributed by atoms with Gasteiger partial charge < -0.3 is 4.74 Å². The number of fused-ring (bicyclic) bond motifs is 2. The maximum Gasteiger partial charge on any atom is 0.256 e. The van der Waals surface area contributed by atoms with Crippen LogP contribution < -0.4 is 0 Å². The van der Waals surface area contributed by atoms with Crippen molar-refractivity contribution in [2.24, 2.45) is 16.8 Å². The smallest absolute Gasteiger partial charge is 0.256 e. The molecule has 0 aromatic heterocycles. The van der Waals surface area contributed by atoms with Crippen LogP contribution in [0.1, 0.15) is 33.1 Å². The molecule has 0 unspecified atom stereocenters. The maximum absolute atomic E-state index is 13.2. The van der Waals surface area contributed by atoms with Gasteiger partial charge in [0.15, 0.2) is 0 Å². The van der Waals surface area contributed by atoms with Crippen LogP contribution in [0, 0.1) is 11.8 Å². The zero-order valence-corrected chi connectivity index (χ0v) is 15.5. The summed E-state index contributed by atoms with van der Waals surface area (Å²) in [5.41, 5.74) is -0.748. The number of rotatable bonds is 6. The molecule has 0 aromatic rings. The Morgan fingerprint density at radius 1 is 1.33 bits per heavy atom. The molecule has 2 heterocycles. The summed E-state index contributed by atoms with van der Waals surface area (Å²) in [7, 11) is -1.59. The van der Waals surface area contributed by atoms with Gasteiger partial charge in [-0.3, -0.25) is 14.7 Å². The summed E-state index contributed by atoms with van der Waals surface area (Å²) in [5.74, 6) is 1.20. The van der Waals surface area contributed by atoms with Crippen LogP contribution in [-0.2, 0) is 19.6 Å². The number of carbonyl (C=O) groups is 1. The number of aliphatic imine (C=N–C) groups is 1. The Kier molecular flexibility index (Phi) is 4.74. The van der Waals surface area contributed by atoms with Gasteiger partial charge in [-0.1, -0.05) is 6.92 Å². The number of ether oxygens (including phenoxy) is 1. The molecule has 136 valence electrons. The minimum Gasteiger partial charge on any atom is -0.383 e. The molecule has 2 fully saturated rings. The van der Waals surface area contributed by atoms with E-state index in [0.29, 0.717) is 32.7 Å². The topological polar surface area (TPSA) is 79.3 Å². The van der Waals surface area contributed by atoms with Crippen molar-refractivity contribution in [1.29, 1.82) is 0 Å². The Labute approximate surface area is 144 Å². The first-order valence-electron chi connectivity index (χ1n) is 8.77. The van der Waals surface area contributed by atoms with E-state index in [4.69, 9.17) is 9.73 Å². The molecule has 0 radical (unpaired) electrons. The minimum atomic E-state index is -3.21. The van der Waals surface area contributed by atoms with Crippen molar-refractivity contribution in [3.63, 3.8) is 0 Å². The van der Waals surface area contributed by atoms with Crippen LogP contribution in [0.15, 0.2) is 4.99 Å². The van der Waals surface area contributed by atoms with Crippen molar-refractivity contribution < 1.29 is 17.9 Å². The first-order valence-corrected chi connectivity index (χ1v) is 10.4. The Morgan fingerprint density at radius 2 is 2.08 bits per heavy atom. The maximum atomic E-state index is 13.2. The lowest BCUT2D eigenvalue weighted by Crippen LogP contribution is -2.47. The van der Waals surface area contributed by atoms with Gasteiger partial charge in [0, 0.05) is 32.5 Å². The lowest BCUT2D eigenvalue weighted by atomic mass is 9.85. The van der Waals surface area contributed by atoms with E-state index in [1.165, 1.54) is 0 Å². The zero-order chi connectivity index (χ0) is 17.5. The van der Waals surface area contributed by atoms with Gasteiger partial charge in [-0.25, -0.2) is 12.7 Å². The molecule has 1 saturated carbocycles. The second kappa shape index (κ2) is 6.38. The molecule has 24 heavy (non-hydrogen) atoms. The fourth-order valence-electron chi connectivity index (χ4n) is 4.44. The fourth-order valence-corrected chi connectivity index (χ4v) is 5.61.